The first-order valence-electron chi connectivity index (χ1n) is 3.93. The van der Waals surface area contributed by atoms with E-state index in [-0.39, 0.29) is 24.8 Å². The van der Waals surface area contributed by atoms with Crippen LogP contribution < -0.4 is 5.73 Å². The highest BCUT2D eigenvalue weighted by Gasteiger charge is 2.21. The Kier molecular flexibility index (Phi) is 10.1. The molecule has 1 fully saturated rings. The van der Waals surface area contributed by atoms with Gasteiger partial charge in [0.05, 0.1) is 6.61 Å². The van der Waals surface area contributed by atoms with E-state index in [9.17, 15) is 0 Å². The van der Waals surface area contributed by atoms with Gasteiger partial charge in [-0.3, -0.25) is 4.90 Å². The molecule has 0 radical (unpaired) electrons. The van der Waals surface area contributed by atoms with Crippen molar-refractivity contribution in [1.82, 2.24) is 4.90 Å². The van der Waals surface area contributed by atoms with Crippen molar-refractivity contribution in [2.24, 2.45) is 5.73 Å². The molecule has 12 heavy (non-hydrogen) atoms. The highest BCUT2D eigenvalue weighted by Crippen LogP contribution is 2.14. The lowest BCUT2D eigenvalue weighted by atomic mass is 10.2. The van der Waals surface area contributed by atoms with E-state index in [1.165, 1.54) is 6.42 Å². The first-order chi connectivity index (χ1) is 4.88. The summed E-state index contributed by atoms with van der Waals surface area (Å²) >= 11 is 0. The summed E-state index contributed by atoms with van der Waals surface area (Å²) in [5.74, 6) is 0. The molecule has 0 aromatic carbocycles. The molecule has 1 saturated heterocycles. The van der Waals surface area contributed by atoms with Crippen LogP contribution in [-0.2, 0) is 0 Å². The average Bonchev–Trinajstić information content (AvgIpc) is 2.36. The Balaban J connectivity index is 0. The van der Waals surface area contributed by atoms with Crippen molar-refractivity contribution in [1.29, 1.82) is 0 Å². The van der Waals surface area contributed by atoms with Crippen molar-refractivity contribution in [2.75, 3.05) is 26.2 Å². The van der Waals surface area contributed by atoms with Crippen molar-refractivity contribution in [2.45, 2.75) is 18.9 Å². The minimum absolute atomic E-state index is 0. The zero-order valence-corrected chi connectivity index (χ0v) is 8.74. The fourth-order valence-corrected chi connectivity index (χ4v) is 1.56. The standard InChI is InChI=1S/C7H16N2O.2ClH/c8-3-5-9-4-1-2-7(9)6-10;;/h7,10H,1-6,8H2;2*1H. The molecule has 1 aliphatic rings. The summed E-state index contributed by atoms with van der Waals surface area (Å²) in [6.07, 6.45) is 2.35. The van der Waals surface area contributed by atoms with Crippen molar-refractivity contribution >= 4 is 24.8 Å². The molecular weight excluding hydrogens is 199 g/mol. The zero-order chi connectivity index (χ0) is 7.40. The molecule has 0 aliphatic carbocycles. The van der Waals surface area contributed by atoms with Gasteiger partial charge in [-0.05, 0) is 19.4 Å². The summed E-state index contributed by atoms with van der Waals surface area (Å²) in [6.45, 7) is 3.05. The second kappa shape index (κ2) is 8.08. The minimum atomic E-state index is 0. The maximum atomic E-state index is 8.88. The SMILES string of the molecule is Cl.Cl.NCCN1CCCC1CO. The predicted molar refractivity (Wildman–Crippen MR) is 55.2 cm³/mol. The lowest BCUT2D eigenvalue weighted by Gasteiger charge is -2.21. The molecule has 0 saturated carbocycles. The van der Waals surface area contributed by atoms with Gasteiger partial charge in [-0.25, -0.2) is 0 Å². The van der Waals surface area contributed by atoms with Gasteiger partial charge in [-0.15, -0.1) is 24.8 Å². The summed E-state index contributed by atoms with van der Waals surface area (Å²) in [6, 6.07) is 0.392. The number of halogens is 2. The van der Waals surface area contributed by atoms with Crippen molar-refractivity contribution in [3.63, 3.8) is 0 Å². The number of rotatable bonds is 3. The van der Waals surface area contributed by atoms with E-state index in [1.807, 2.05) is 0 Å². The van der Waals surface area contributed by atoms with Gasteiger partial charge in [0.2, 0.25) is 0 Å². The van der Waals surface area contributed by atoms with Crippen LogP contribution in [0.4, 0.5) is 0 Å². The number of hydrogen-bond donors (Lipinski definition) is 2. The van der Waals surface area contributed by atoms with Crippen LogP contribution in [0.5, 0.6) is 0 Å². The number of nitrogens with zero attached hydrogens (tertiary/aromatic N) is 1. The number of nitrogens with two attached hydrogens (primary N) is 1. The monoisotopic (exact) mass is 216 g/mol. The Bertz CT molecular complexity index is 105. The quantitative estimate of drug-likeness (QED) is 0.712. The summed E-state index contributed by atoms with van der Waals surface area (Å²) in [5, 5.41) is 8.88. The van der Waals surface area contributed by atoms with Crippen LogP contribution in [0, 0.1) is 0 Å². The van der Waals surface area contributed by atoms with Crippen LogP contribution in [0.3, 0.4) is 0 Å². The summed E-state index contributed by atoms with van der Waals surface area (Å²) in [4.78, 5) is 2.26. The summed E-state index contributed by atoms with van der Waals surface area (Å²) < 4.78 is 0. The molecule has 5 heteroatoms. The molecule has 1 rings (SSSR count). The third-order valence-corrected chi connectivity index (χ3v) is 2.13. The molecule has 3 nitrogen and oxygen atoms in total. The third-order valence-electron chi connectivity index (χ3n) is 2.13. The van der Waals surface area contributed by atoms with E-state index in [0.717, 1.165) is 19.5 Å². The Morgan fingerprint density at radius 2 is 2.08 bits per heavy atom. The van der Waals surface area contributed by atoms with Gasteiger partial charge < -0.3 is 10.8 Å². The number of hydrogen-bond acceptors (Lipinski definition) is 3. The van der Waals surface area contributed by atoms with E-state index in [0.29, 0.717) is 19.2 Å². The minimum Gasteiger partial charge on any atom is -0.395 e. The van der Waals surface area contributed by atoms with Crippen molar-refractivity contribution in [3.8, 4) is 0 Å². The molecular formula is C7H18Cl2N2O. The molecule has 1 heterocycles. The van der Waals surface area contributed by atoms with Gasteiger partial charge in [0.15, 0.2) is 0 Å². The van der Waals surface area contributed by atoms with E-state index in [1.54, 1.807) is 0 Å². The molecule has 3 N–H and O–H groups in total. The fraction of sp³-hybridized carbons (Fsp3) is 1.00. The molecule has 1 unspecified atom stereocenters. The zero-order valence-electron chi connectivity index (χ0n) is 7.11. The smallest absolute Gasteiger partial charge is 0.0586 e. The molecule has 0 amide bonds. The van der Waals surface area contributed by atoms with Gasteiger partial charge in [-0.2, -0.15) is 0 Å². The fourth-order valence-electron chi connectivity index (χ4n) is 1.56. The Hall–Kier alpha value is 0.460. The lowest BCUT2D eigenvalue weighted by Crippen LogP contribution is -2.35. The predicted octanol–water partition coefficient (Wildman–Crippen LogP) is 0.245. The second-order valence-electron chi connectivity index (χ2n) is 2.80. The molecule has 1 atom stereocenters. The molecule has 1 aliphatic heterocycles. The second-order valence-corrected chi connectivity index (χ2v) is 2.80. The van der Waals surface area contributed by atoms with Crippen molar-refractivity contribution in [3.05, 3.63) is 0 Å². The average molecular weight is 217 g/mol. The van der Waals surface area contributed by atoms with E-state index in [4.69, 9.17) is 10.8 Å². The number of aliphatic hydroxyl groups excluding tert-OH is 1. The van der Waals surface area contributed by atoms with Crippen LogP contribution >= 0.6 is 24.8 Å². The van der Waals surface area contributed by atoms with Crippen LogP contribution in [0.25, 0.3) is 0 Å². The maximum absolute atomic E-state index is 8.88. The highest BCUT2D eigenvalue weighted by atomic mass is 35.5. The summed E-state index contributed by atoms with van der Waals surface area (Å²) in [7, 11) is 0. The molecule has 76 valence electrons. The number of aliphatic hydroxyl groups is 1. The summed E-state index contributed by atoms with van der Waals surface area (Å²) in [5.41, 5.74) is 5.40. The van der Waals surface area contributed by atoms with Gasteiger partial charge in [0, 0.05) is 19.1 Å². The van der Waals surface area contributed by atoms with E-state index in [2.05, 4.69) is 4.90 Å². The first-order valence-corrected chi connectivity index (χ1v) is 3.93. The van der Waals surface area contributed by atoms with Crippen LogP contribution in [0.1, 0.15) is 12.8 Å². The third kappa shape index (κ3) is 3.92. The van der Waals surface area contributed by atoms with Gasteiger partial charge in [0.1, 0.15) is 0 Å². The normalized spacial score (nSPS) is 23.0. The van der Waals surface area contributed by atoms with Crippen LogP contribution in [0.15, 0.2) is 0 Å². The highest BCUT2D eigenvalue weighted by molar-refractivity contribution is 5.85. The van der Waals surface area contributed by atoms with E-state index >= 15 is 0 Å². The largest absolute Gasteiger partial charge is 0.395 e. The van der Waals surface area contributed by atoms with Crippen LogP contribution in [0.2, 0.25) is 0 Å². The van der Waals surface area contributed by atoms with Crippen molar-refractivity contribution < 1.29 is 5.11 Å². The molecule has 0 spiro atoms. The number of likely N-dealkylation sites (tertiary alicyclic amines) is 1. The van der Waals surface area contributed by atoms with Gasteiger partial charge in [0.25, 0.3) is 0 Å². The molecule has 0 aromatic heterocycles. The van der Waals surface area contributed by atoms with E-state index < -0.39 is 0 Å². The first kappa shape index (κ1) is 15.0. The maximum Gasteiger partial charge on any atom is 0.0586 e. The van der Waals surface area contributed by atoms with Gasteiger partial charge >= 0.3 is 0 Å². The lowest BCUT2D eigenvalue weighted by molar-refractivity contribution is 0.162. The topological polar surface area (TPSA) is 49.5 Å². The molecule has 0 bridgehead atoms. The Morgan fingerprint density at radius 3 is 2.58 bits per heavy atom. The Morgan fingerprint density at radius 1 is 1.42 bits per heavy atom. The Labute approximate surface area is 86.1 Å². The van der Waals surface area contributed by atoms with Crippen LogP contribution in [-0.4, -0.2) is 42.3 Å². The van der Waals surface area contributed by atoms with Gasteiger partial charge in [-0.1, -0.05) is 0 Å². The molecule has 0 aromatic rings.